The van der Waals surface area contributed by atoms with Gasteiger partial charge in [0.1, 0.15) is 0 Å². The molecule has 192 valence electrons. The molecule has 3 nitrogen and oxygen atoms in total. The summed E-state index contributed by atoms with van der Waals surface area (Å²) in [7, 11) is 0. The van der Waals surface area contributed by atoms with Crippen LogP contribution in [0.5, 0.6) is 0 Å². The molecule has 0 radical (unpaired) electrons. The molecule has 0 amide bonds. The van der Waals surface area contributed by atoms with Gasteiger partial charge in [-0.25, -0.2) is 15.0 Å². The fourth-order valence-electron chi connectivity index (χ4n) is 5.43. The van der Waals surface area contributed by atoms with Crippen molar-refractivity contribution in [2.45, 2.75) is 26.2 Å². The summed E-state index contributed by atoms with van der Waals surface area (Å²) < 4.78 is 0. The van der Waals surface area contributed by atoms with Crippen molar-refractivity contribution in [2.75, 3.05) is 0 Å². The Morgan fingerprint density at radius 1 is 0.400 bits per heavy atom. The molecule has 40 heavy (non-hydrogen) atoms. The monoisotopic (exact) mass is 515 g/mol. The Kier molecular flexibility index (Phi) is 5.67. The van der Waals surface area contributed by atoms with Crippen LogP contribution in [0.4, 0.5) is 0 Å². The van der Waals surface area contributed by atoms with E-state index in [2.05, 4.69) is 112 Å². The zero-order valence-electron chi connectivity index (χ0n) is 22.9. The Balaban J connectivity index is 1.42. The van der Waals surface area contributed by atoms with Crippen LogP contribution in [0, 0.1) is 0 Å². The molecule has 3 heteroatoms. The van der Waals surface area contributed by atoms with Crippen LogP contribution in [0.3, 0.4) is 0 Å². The van der Waals surface area contributed by atoms with E-state index in [9.17, 15) is 0 Å². The van der Waals surface area contributed by atoms with Gasteiger partial charge in [-0.3, -0.25) is 0 Å². The average molecular weight is 516 g/mol. The summed E-state index contributed by atoms with van der Waals surface area (Å²) in [5.74, 6) is 2.02. The van der Waals surface area contributed by atoms with Crippen molar-refractivity contribution in [1.82, 2.24) is 15.0 Å². The third-order valence-electron chi connectivity index (χ3n) is 7.68. The molecule has 7 rings (SSSR count). The van der Waals surface area contributed by atoms with Crippen LogP contribution in [0.2, 0.25) is 0 Å². The summed E-state index contributed by atoms with van der Waals surface area (Å²) in [6.07, 6.45) is 0. The first-order chi connectivity index (χ1) is 19.4. The van der Waals surface area contributed by atoms with Crippen LogP contribution in [0.25, 0.3) is 66.5 Å². The molecule has 1 aromatic heterocycles. The topological polar surface area (TPSA) is 38.7 Å². The third-order valence-corrected chi connectivity index (χ3v) is 7.68. The SMILES string of the molecule is CC(C)(C)c1ccc(-c2nc(-c3ccccc3)nc(-c3ccc4ccc5c6ccccc6ccc5c4c3)n2)cc1. The van der Waals surface area contributed by atoms with E-state index in [1.54, 1.807) is 0 Å². The summed E-state index contributed by atoms with van der Waals surface area (Å²) in [4.78, 5) is 14.9. The first-order valence-corrected chi connectivity index (χ1v) is 13.7. The lowest BCUT2D eigenvalue weighted by atomic mass is 9.87. The van der Waals surface area contributed by atoms with Gasteiger partial charge in [0.2, 0.25) is 0 Å². The first-order valence-electron chi connectivity index (χ1n) is 13.7. The Morgan fingerprint density at radius 3 is 1.57 bits per heavy atom. The van der Waals surface area contributed by atoms with E-state index in [0.717, 1.165) is 16.7 Å². The lowest BCUT2D eigenvalue weighted by Gasteiger charge is -2.19. The summed E-state index contributed by atoms with van der Waals surface area (Å²) in [5.41, 5.74) is 4.28. The lowest BCUT2D eigenvalue weighted by molar-refractivity contribution is 0.590. The quantitative estimate of drug-likeness (QED) is 0.220. The minimum Gasteiger partial charge on any atom is -0.208 e. The second kappa shape index (κ2) is 9.39. The van der Waals surface area contributed by atoms with E-state index in [-0.39, 0.29) is 5.41 Å². The highest BCUT2D eigenvalue weighted by molar-refractivity contribution is 6.17. The van der Waals surface area contributed by atoms with Gasteiger partial charge in [-0.1, -0.05) is 136 Å². The van der Waals surface area contributed by atoms with Crippen LogP contribution in [-0.2, 0) is 5.41 Å². The average Bonchev–Trinajstić information content (AvgIpc) is 3.00. The Hall–Kier alpha value is -4.89. The van der Waals surface area contributed by atoms with Gasteiger partial charge in [0.15, 0.2) is 17.5 Å². The van der Waals surface area contributed by atoms with Crippen molar-refractivity contribution in [3.63, 3.8) is 0 Å². The number of nitrogens with zero attached hydrogens (tertiary/aromatic N) is 3. The highest BCUT2D eigenvalue weighted by atomic mass is 15.0. The molecule has 0 aliphatic carbocycles. The van der Waals surface area contributed by atoms with Gasteiger partial charge in [-0.15, -0.1) is 0 Å². The molecule has 0 spiro atoms. The van der Waals surface area contributed by atoms with Gasteiger partial charge < -0.3 is 0 Å². The zero-order chi connectivity index (χ0) is 27.3. The van der Waals surface area contributed by atoms with E-state index in [0.29, 0.717) is 17.5 Å². The summed E-state index contributed by atoms with van der Waals surface area (Å²) in [6, 6.07) is 42.7. The normalized spacial score (nSPS) is 11.9. The molecule has 0 unspecified atom stereocenters. The maximum atomic E-state index is 5.01. The van der Waals surface area contributed by atoms with E-state index in [4.69, 9.17) is 15.0 Å². The summed E-state index contributed by atoms with van der Waals surface area (Å²) in [6.45, 7) is 6.67. The maximum Gasteiger partial charge on any atom is 0.164 e. The highest BCUT2D eigenvalue weighted by Gasteiger charge is 2.16. The van der Waals surface area contributed by atoms with Crippen LogP contribution in [0.1, 0.15) is 26.3 Å². The largest absolute Gasteiger partial charge is 0.208 e. The summed E-state index contributed by atoms with van der Waals surface area (Å²) in [5, 5.41) is 7.38. The van der Waals surface area contributed by atoms with Crippen molar-refractivity contribution in [3.05, 3.63) is 127 Å². The van der Waals surface area contributed by atoms with E-state index >= 15 is 0 Å². The minimum atomic E-state index is 0.0805. The molecule has 0 N–H and O–H groups in total. The predicted octanol–water partition coefficient (Wildman–Crippen LogP) is 9.63. The van der Waals surface area contributed by atoms with Gasteiger partial charge in [-0.05, 0) is 49.4 Å². The van der Waals surface area contributed by atoms with Gasteiger partial charge >= 0.3 is 0 Å². The van der Waals surface area contributed by atoms with Crippen LogP contribution in [-0.4, -0.2) is 15.0 Å². The Labute approximate surface area is 234 Å². The second-order valence-electron chi connectivity index (χ2n) is 11.4. The van der Waals surface area contributed by atoms with Crippen LogP contribution in [0.15, 0.2) is 121 Å². The third kappa shape index (κ3) is 4.30. The highest BCUT2D eigenvalue weighted by Crippen LogP contribution is 2.34. The molecule has 0 aliphatic rings. The van der Waals surface area contributed by atoms with Crippen molar-refractivity contribution >= 4 is 32.3 Å². The molecule has 1 heterocycles. The van der Waals surface area contributed by atoms with Crippen LogP contribution >= 0.6 is 0 Å². The van der Waals surface area contributed by atoms with E-state index < -0.39 is 0 Å². The number of hydrogen-bond donors (Lipinski definition) is 0. The molecular formula is C37H29N3. The van der Waals surface area contributed by atoms with Gasteiger partial charge in [-0.2, -0.15) is 0 Å². The van der Waals surface area contributed by atoms with E-state index in [1.165, 1.54) is 37.9 Å². The molecular weight excluding hydrogens is 486 g/mol. The first kappa shape index (κ1) is 24.2. The Morgan fingerprint density at radius 2 is 0.900 bits per heavy atom. The van der Waals surface area contributed by atoms with Gasteiger partial charge in [0, 0.05) is 16.7 Å². The molecule has 0 atom stereocenters. The van der Waals surface area contributed by atoms with Gasteiger partial charge in [0.25, 0.3) is 0 Å². The fraction of sp³-hybridized carbons (Fsp3) is 0.108. The van der Waals surface area contributed by atoms with Crippen molar-refractivity contribution in [2.24, 2.45) is 0 Å². The second-order valence-corrected chi connectivity index (χ2v) is 11.4. The number of hydrogen-bond acceptors (Lipinski definition) is 3. The zero-order valence-corrected chi connectivity index (χ0v) is 22.9. The Bertz CT molecular complexity index is 2020. The molecule has 6 aromatic carbocycles. The van der Waals surface area contributed by atoms with E-state index in [1.807, 2.05) is 30.3 Å². The molecule has 0 fully saturated rings. The van der Waals surface area contributed by atoms with Gasteiger partial charge in [0.05, 0.1) is 0 Å². The fourth-order valence-corrected chi connectivity index (χ4v) is 5.43. The molecule has 7 aromatic rings. The number of rotatable bonds is 3. The molecule has 0 bridgehead atoms. The standard InChI is InChI=1S/C37H29N3/c1-37(2,3)29-19-15-27(16-20-29)35-38-34(26-10-5-4-6-11-26)39-36(40-35)28-14-13-25-18-21-31-30-12-8-7-9-24(30)17-22-32(31)33(25)23-28/h4-23H,1-3H3. The molecule has 0 saturated carbocycles. The van der Waals surface area contributed by atoms with Crippen molar-refractivity contribution in [3.8, 4) is 34.2 Å². The molecule has 0 aliphatic heterocycles. The lowest BCUT2D eigenvalue weighted by Crippen LogP contribution is -2.10. The predicted molar refractivity (Wildman–Crippen MR) is 167 cm³/mol. The smallest absolute Gasteiger partial charge is 0.164 e. The summed E-state index contributed by atoms with van der Waals surface area (Å²) >= 11 is 0. The number of aromatic nitrogens is 3. The maximum absolute atomic E-state index is 5.01. The van der Waals surface area contributed by atoms with Crippen LogP contribution < -0.4 is 0 Å². The minimum absolute atomic E-state index is 0.0805. The number of benzene rings is 6. The van der Waals surface area contributed by atoms with Crippen molar-refractivity contribution in [1.29, 1.82) is 0 Å². The van der Waals surface area contributed by atoms with Crippen molar-refractivity contribution < 1.29 is 0 Å². The molecule has 0 saturated heterocycles. The number of fused-ring (bicyclic) bond motifs is 5.